The zero-order valence-electron chi connectivity index (χ0n) is 7.07. The van der Waals surface area contributed by atoms with Gasteiger partial charge in [0.05, 0.1) is 5.56 Å². The number of aromatic carboxylic acids is 1. The molecule has 0 saturated heterocycles. The van der Waals surface area contributed by atoms with E-state index >= 15 is 0 Å². The van der Waals surface area contributed by atoms with E-state index in [0.29, 0.717) is 0 Å². The molecule has 0 aliphatic rings. The predicted molar refractivity (Wildman–Crippen MR) is 60.2 cm³/mol. The van der Waals surface area contributed by atoms with E-state index < -0.39 is 16.0 Å². The van der Waals surface area contributed by atoms with Crippen molar-refractivity contribution in [2.24, 2.45) is 5.14 Å². The number of hydrogen-bond acceptors (Lipinski definition) is 3. The Hall–Kier alpha value is -0.440. The molecule has 0 amide bonds. The summed E-state index contributed by atoms with van der Waals surface area (Å²) in [5.74, 6) is -1.16. The molecule has 3 N–H and O–H groups in total. The average Bonchev–Trinajstić information content (AvgIpc) is 1.99. The van der Waals surface area contributed by atoms with Gasteiger partial charge in [-0.15, -0.1) is 0 Å². The van der Waals surface area contributed by atoms with Gasteiger partial charge in [-0.3, -0.25) is 0 Å². The summed E-state index contributed by atoms with van der Waals surface area (Å²) in [7, 11) is -3.89. The van der Waals surface area contributed by atoms with Gasteiger partial charge < -0.3 is 5.11 Å². The van der Waals surface area contributed by atoms with Crippen LogP contribution in [0.4, 0.5) is 0 Å². The van der Waals surface area contributed by atoms with Crippen molar-refractivity contribution in [3.05, 3.63) is 26.6 Å². The molecular weight excluding hydrogens is 354 g/mol. The van der Waals surface area contributed by atoms with E-state index in [2.05, 4.69) is 31.9 Å². The van der Waals surface area contributed by atoms with E-state index in [9.17, 15) is 13.2 Å². The van der Waals surface area contributed by atoms with Crippen LogP contribution in [0.15, 0.2) is 26.0 Å². The fourth-order valence-corrected chi connectivity index (χ4v) is 4.16. The molecule has 1 rings (SSSR count). The van der Waals surface area contributed by atoms with Gasteiger partial charge in [-0.1, -0.05) is 0 Å². The Bertz CT molecular complexity index is 503. The quantitative estimate of drug-likeness (QED) is 0.838. The molecule has 8 heteroatoms. The Morgan fingerprint density at radius 1 is 1.27 bits per heavy atom. The summed E-state index contributed by atoms with van der Waals surface area (Å²) in [5.41, 5.74) is -0.0406. The largest absolute Gasteiger partial charge is 0.478 e. The molecular formula is C7H5Br2NO4S. The van der Waals surface area contributed by atoms with Crippen molar-refractivity contribution in [2.45, 2.75) is 4.90 Å². The van der Waals surface area contributed by atoms with E-state index in [-0.39, 0.29) is 19.4 Å². The number of benzene rings is 1. The SMILES string of the molecule is NS(=O)(=O)c1c(Br)cc(C(=O)O)cc1Br. The summed E-state index contributed by atoms with van der Waals surface area (Å²) in [6.07, 6.45) is 0. The molecule has 0 saturated carbocycles. The topological polar surface area (TPSA) is 97.5 Å². The molecule has 0 unspecified atom stereocenters. The minimum absolute atomic E-state index is 0.0406. The Kier molecular flexibility index (Phi) is 3.54. The maximum Gasteiger partial charge on any atom is 0.335 e. The Labute approximate surface area is 103 Å². The second-order valence-corrected chi connectivity index (χ2v) is 5.83. The third-order valence-electron chi connectivity index (χ3n) is 1.53. The van der Waals surface area contributed by atoms with Crippen LogP contribution in [0, 0.1) is 0 Å². The monoisotopic (exact) mass is 357 g/mol. The van der Waals surface area contributed by atoms with Crippen molar-refractivity contribution >= 4 is 47.9 Å². The van der Waals surface area contributed by atoms with Gasteiger partial charge >= 0.3 is 5.97 Å². The summed E-state index contributed by atoms with van der Waals surface area (Å²) in [4.78, 5) is 10.5. The molecule has 0 aliphatic heterocycles. The molecule has 0 fully saturated rings. The third-order valence-corrected chi connectivity index (χ3v) is 4.31. The van der Waals surface area contributed by atoms with Crippen molar-refractivity contribution in [3.63, 3.8) is 0 Å². The summed E-state index contributed by atoms with van der Waals surface area (Å²) in [5, 5.41) is 13.7. The molecule has 0 aromatic heterocycles. The first-order valence-corrected chi connectivity index (χ1v) is 6.62. The van der Waals surface area contributed by atoms with Gasteiger partial charge in [-0.2, -0.15) is 0 Å². The minimum atomic E-state index is -3.89. The number of hydrogen-bond donors (Lipinski definition) is 2. The van der Waals surface area contributed by atoms with E-state index in [1.165, 1.54) is 12.1 Å². The first kappa shape index (κ1) is 12.6. The summed E-state index contributed by atoms with van der Waals surface area (Å²) < 4.78 is 22.5. The summed E-state index contributed by atoms with van der Waals surface area (Å²) >= 11 is 5.90. The number of halogens is 2. The van der Waals surface area contributed by atoms with Crippen molar-refractivity contribution < 1.29 is 18.3 Å². The molecule has 0 spiro atoms. The third kappa shape index (κ3) is 2.77. The number of carbonyl (C=O) groups is 1. The number of sulfonamides is 1. The van der Waals surface area contributed by atoms with Crippen LogP contribution >= 0.6 is 31.9 Å². The van der Waals surface area contributed by atoms with Gasteiger partial charge in [0.1, 0.15) is 4.90 Å². The molecule has 82 valence electrons. The summed E-state index contributed by atoms with van der Waals surface area (Å²) in [6, 6.07) is 2.35. The molecule has 0 atom stereocenters. The maximum absolute atomic E-state index is 11.1. The fourth-order valence-electron chi connectivity index (χ4n) is 0.955. The highest BCUT2D eigenvalue weighted by molar-refractivity contribution is 9.11. The molecule has 0 aliphatic carbocycles. The maximum atomic E-state index is 11.1. The van der Waals surface area contributed by atoms with E-state index in [0.717, 1.165) is 0 Å². The van der Waals surface area contributed by atoms with Crippen molar-refractivity contribution in [1.82, 2.24) is 0 Å². The van der Waals surface area contributed by atoms with Crippen LogP contribution in [-0.4, -0.2) is 19.5 Å². The van der Waals surface area contributed by atoms with Crippen molar-refractivity contribution in [2.75, 3.05) is 0 Å². The van der Waals surface area contributed by atoms with Crippen LogP contribution in [0.25, 0.3) is 0 Å². The van der Waals surface area contributed by atoms with Gasteiger partial charge in [-0.25, -0.2) is 18.4 Å². The lowest BCUT2D eigenvalue weighted by Gasteiger charge is -2.06. The van der Waals surface area contributed by atoms with Crippen molar-refractivity contribution in [3.8, 4) is 0 Å². The second kappa shape index (κ2) is 4.20. The highest BCUT2D eigenvalue weighted by Gasteiger charge is 2.19. The minimum Gasteiger partial charge on any atom is -0.478 e. The van der Waals surface area contributed by atoms with E-state index in [1.807, 2.05) is 0 Å². The van der Waals surface area contributed by atoms with Crippen molar-refractivity contribution in [1.29, 1.82) is 0 Å². The lowest BCUT2D eigenvalue weighted by atomic mass is 10.2. The van der Waals surface area contributed by atoms with Gasteiger partial charge in [0.25, 0.3) is 0 Å². The zero-order chi connectivity index (χ0) is 11.8. The highest BCUT2D eigenvalue weighted by Crippen LogP contribution is 2.30. The standard InChI is InChI=1S/C7H5Br2NO4S/c8-4-1-3(7(11)12)2-5(9)6(4)15(10,13)14/h1-2H,(H,11,12)(H2,10,13,14). The van der Waals surface area contributed by atoms with Crippen LogP contribution in [0.1, 0.15) is 10.4 Å². The first-order valence-electron chi connectivity index (χ1n) is 3.48. The van der Waals surface area contributed by atoms with Crippen LogP contribution in [0.3, 0.4) is 0 Å². The molecule has 0 radical (unpaired) electrons. The average molecular weight is 359 g/mol. The molecule has 1 aromatic rings. The molecule has 0 bridgehead atoms. The van der Waals surface area contributed by atoms with Gasteiger partial charge in [0.15, 0.2) is 0 Å². The van der Waals surface area contributed by atoms with E-state index in [1.54, 1.807) is 0 Å². The zero-order valence-corrected chi connectivity index (χ0v) is 11.1. The highest BCUT2D eigenvalue weighted by atomic mass is 79.9. The fraction of sp³-hybridized carbons (Fsp3) is 0. The number of nitrogens with two attached hydrogens (primary N) is 1. The van der Waals surface area contributed by atoms with Crippen LogP contribution in [0.2, 0.25) is 0 Å². The molecule has 5 nitrogen and oxygen atoms in total. The van der Waals surface area contributed by atoms with Gasteiger partial charge in [-0.05, 0) is 44.0 Å². The lowest BCUT2D eigenvalue weighted by Crippen LogP contribution is -2.14. The van der Waals surface area contributed by atoms with E-state index in [4.69, 9.17) is 10.2 Å². The molecule has 15 heavy (non-hydrogen) atoms. The Morgan fingerprint density at radius 3 is 1.93 bits per heavy atom. The van der Waals surface area contributed by atoms with Crippen LogP contribution in [-0.2, 0) is 10.0 Å². The summed E-state index contributed by atoms with van der Waals surface area (Å²) in [6.45, 7) is 0. The number of primary sulfonamides is 1. The predicted octanol–water partition coefficient (Wildman–Crippen LogP) is 1.56. The van der Waals surface area contributed by atoms with Gasteiger partial charge in [0, 0.05) is 8.95 Å². The van der Waals surface area contributed by atoms with Crippen LogP contribution in [0.5, 0.6) is 0 Å². The smallest absolute Gasteiger partial charge is 0.335 e. The molecule has 0 heterocycles. The lowest BCUT2D eigenvalue weighted by molar-refractivity contribution is 0.0696. The van der Waals surface area contributed by atoms with Gasteiger partial charge in [0.2, 0.25) is 10.0 Å². The Balaban J connectivity index is 3.55. The number of carboxylic acid groups (broad SMARTS) is 1. The second-order valence-electron chi connectivity index (χ2n) is 2.62. The number of carboxylic acids is 1. The normalized spacial score (nSPS) is 11.4. The number of rotatable bonds is 2. The first-order chi connectivity index (χ1) is 6.73. The molecule has 1 aromatic carbocycles. The Morgan fingerprint density at radius 2 is 1.67 bits per heavy atom. The van der Waals surface area contributed by atoms with Crippen LogP contribution < -0.4 is 5.14 Å².